The summed E-state index contributed by atoms with van der Waals surface area (Å²) in [6, 6.07) is 3.61. The first-order chi connectivity index (χ1) is 11.8. The standard InChI is InChI=1S/C16H20N2O7/c1-10(2)17-16(22)18-14(20)8-25-15(21)9-24-12-5-4-11(7-19)6-13(12)23-3/h4-7,10H,8-9H2,1-3H3,(H2,17,18,20,22). The van der Waals surface area contributed by atoms with Crippen molar-refractivity contribution in [2.75, 3.05) is 20.3 Å². The molecule has 0 aliphatic carbocycles. The molecule has 0 heterocycles. The van der Waals surface area contributed by atoms with Gasteiger partial charge in [0.25, 0.3) is 5.91 Å². The maximum atomic E-state index is 11.6. The largest absolute Gasteiger partial charge is 0.493 e. The van der Waals surface area contributed by atoms with Gasteiger partial charge >= 0.3 is 12.0 Å². The zero-order chi connectivity index (χ0) is 18.8. The van der Waals surface area contributed by atoms with E-state index in [1.54, 1.807) is 13.8 Å². The predicted octanol–water partition coefficient (Wildman–Crippen LogP) is 0.664. The van der Waals surface area contributed by atoms with Gasteiger partial charge in [0.1, 0.15) is 6.29 Å². The van der Waals surface area contributed by atoms with Gasteiger partial charge in [-0.2, -0.15) is 0 Å². The molecule has 136 valence electrons. The van der Waals surface area contributed by atoms with E-state index in [0.29, 0.717) is 11.8 Å². The maximum Gasteiger partial charge on any atom is 0.344 e. The average molecular weight is 352 g/mol. The number of ether oxygens (including phenoxy) is 3. The molecule has 0 aromatic heterocycles. The quantitative estimate of drug-likeness (QED) is 0.521. The fourth-order valence-corrected chi connectivity index (χ4v) is 1.66. The van der Waals surface area contributed by atoms with Crippen LogP contribution in [0.1, 0.15) is 24.2 Å². The van der Waals surface area contributed by atoms with Crippen LogP contribution >= 0.6 is 0 Å². The second-order valence-corrected chi connectivity index (χ2v) is 5.15. The number of benzene rings is 1. The minimum Gasteiger partial charge on any atom is -0.493 e. The van der Waals surface area contributed by atoms with E-state index in [9.17, 15) is 19.2 Å². The Morgan fingerprint density at radius 2 is 1.88 bits per heavy atom. The lowest BCUT2D eigenvalue weighted by Crippen LogP contribution is -2.44. The molecule has 3 amide bonds. The van der Waals surface area contributed by atoms with Gasteiger partial charge in [-0.05, 0) is 32.0 Å². The van der Waals surface area contributed by atoms with E-state index in [-0.39, 0.29) is 17.5 Å². The Bertz CT molecular complexity index is 643. The van der Waals surface area contributed by atoms with Crippen molar-refractivity contribution >= 4 is 24.2 Å². The molecule has 9 nitrogen and oxygen atoms in total. The Balaban J connectivity index is 2.41. The molecular formula is C16H20N2O7. The molecule has 0 bridgehead atoms. The third-order valence-electron chi connectivity index (χ3n) is 2.71. The van der Waals surface area contributed by atoms with E-state index >= 15 is 0 Å². The van der Waals surface area contributed by atoms with Crippen LogP contribution in [0.5, 0.6) is 11.5 Å². The second-order valence-electron chi connectivity index (χ2n) is 5.15. The van der Waals surface area contributed by atoms with E-state index in [0.717, 1.165) is 0 Å². The summed E-state index contributed by atoms with van der Waals surface area (Å²) >= 11 is 0. The van der Waals surface area contributed by atoms with Crippen molar-refractivity contribution in [1.29, 1.82) is 0 Å². The molecule has 0 spiro atoms. The number of hydrogen-bond acceptors (Lipinski definition) is 7. The summed E-state index contributed by atoms with van der Waals surface area (Å²) in [5, 5.41) is 4.47. The number of aldehydes is 1. The van der Waals surface area contributed by atoms with Crippen molar-refractivity contribution in [3.8, 4) is 11.5 Å². The van der Waals surface area contributed by atoms with Crippen LogP contribution in [0.3, 0.4) is 0 Å². The minimum atomic E-state index is -0.805. The highest BCUT2D eigenvalue weighted by Crippen LogP contribution is 2.27. The van der Waals surface area contributed by atoms with Gasteiger partial charge in [0.2, 0.25) is 0 Å². The van der Waals surface area contributed by atoms with E-state index < -0.39 is 31.1 Å². The highest BCUT2D eigenvalue weighted by atomic mass is 16.6. The summed E-state index contributed by atoms with van der Waals surface area (Å²) < 4.78 is 15.0. The normalized spacial score (nSPS) is 9.92. The topological polar surface area (TPSA) is 120 Å². The number of nitrogens with one attached hydrogen (secondary N) is 2. The van der Waals surface area contributed by atoms with Gasteiger partial charge in [-0.3, -0.25) is 14.9 Å². The second kappa shape index (κ2) is 9.91. The third-order valence-corrected chi connectivity index (χ3v) is 2.71. The number of imide groups is 1. The molecule has 0 saturated carbocycles. The summed E-state index contributed by atoms with van der Waals surface area (Å²) in [4.78, 5) is 45.0. The first-order valence-corrected chi connectivity index (χ1v) is 7.37. The summed E-state index contributed by atoms with van der Waals surface area (Å²) in [6.45, 7) is 2.38. The smallest absolute Gasteiger partial charge is 0.344 e. The molecule has 2 N–H and O–H groups in total. The Morgan fingerprint density at radius 1 is 1.16 bits per heavy atom. The number of amides is 3. The van der Waals surface area contributed by atoms with Crippen molar-refractivity contribution in [3.05, 3.63) is 23.8 Å². The van der Waals surface area contributed by atoms with Crippen molar-refractivity contribution < 1.29 is 33.4 Å². The van der Waals surface area contributed by atoms with Crippen LogP contribution in [0.4, 0.5) is 4.79 Å². The lowest BCUT2D eigenvalue weighted by atomic mass is 10.2. The predicted molar refractivity (Wildman–Crippen MR) is 86.6 cm³/mol. The van der Waals surface area contributed by atoms with E-state index in [1.807, 2.05) is 5.32 Å². The fourth-order valence-electron chi connectivity index (χ4n) is 1.66. The SMILES string of the molecule is COc1cc(C=O)ccc1OCC(=O)OCC(=O)NC(=O)NC(C)C. The van der Waals surface area contributed by atoms with Gasteiger partial charge in [0.15, 0.2) is 24.7 Å². The number of carbonyl (C=O) groups is 4. The summed E-state index contributed by atoms with van der Waals surface area (Å²) in [6.07, 6.45) is 0.647. The number of urea groups is 1. The fraction of sp³-hybridized carbons (Fsp3) is 0.375. The Hall–Kier alpha value is -3.10. The first kappa shape index (κ1) is 19.9. The van der Waals surface area contributed by atoms with Gasteiger partial charge in [0, 0.05) is 11.6 Å². The third kappa shape index (κ3) is 7.34. The van der Waals surface area contributed by atoms with E-state index in [4.69, 9.17) is 14.2 Å². The van der Waals surface area contributed by atoms with Crippen LogP contribution in [0.25, 0.3) is 0 Å². The van der Waals surface area contributed by atoms with Crippen molar-refractivity contribution in [2.24, 2.45) is 0 Å². The van der Waals surface area contributed by atoms with Crippen molar-refractivity contribution in [3.63, 3.8) is 0 Å². The lowest BCUT2D eigenvalue weighted by Gasteiger charge is -2.11. The van der Waals surface area contributed by atoms with Crippen LogP contribution in [0, 0.1) is 0 Å². The molecule has 0 radical (unpaired) electrons. The number of carbonyl (C=O) groups excluding carboxylic acids is 4. The molecule has 0 aliphatic heterocycles. The van der Waals surface area contributed by atoms with Crippen molar-refractivity contribution in [2.45, 2.75) is 19.9 Å². The molecule has 0 saturated heterocycles. The zero-order valence-electron chi connectivity index (χ0n) is 14.2. The van der Waals surface area contributed by atoms with Gasteiger partial charge in [0.05, 0.1) is 7.11 Å². The molecule has 0 unspecified atom stereocenters. The monoisotopic (exact) mass is 352 g/mol. The van der Waals surface area contributed by atoms with Crippen molar-refractivity contribution in [1.82, 2.24) is 10.6 Å². The number of rotatable bonds is 8. The Morgan fingerprint density at radius 3 is 2.48 bits per heavy atom. The van der Waals surface area contributed by atoms with Gasteiger partial charge < -0.3 is 19.5 Å². The molecule has 1 aromatic rings. The Kier molecular flexibility index (Phi) is 7.91. The highest BCUT2D eigenvalue weighted by molar-refractivity contribution is 5.95. The number of esters is 1. The Labute approximate surface area is 144 Å². The minimum absolute atomic E-state index is 0.135. The molecule has 1 rings (SSSR count). The van der Waals surface area contributed by atoms with Gasteiger partial charge in [-0.25, -0.2) is 9.59 Å². The molecule has 25 heavy (non-hydrogen) atoms. The molecule has 0 aliphatic rings. The first-order valence-electron chi connectivity index (χ1n) is 7.37. The molecule has 1 aromatic carbocycles. The molecule has 0 fully saturated rings. The average Bonchev–Trinajstić information content (AvgIpc) is 2.57. The number of methoxy groups -OCH3 is 1. The summed E-state index contributed by atoms with van der Waals surface area (Å²) in [5.74, 6) is -1.05. The van der Waals surface area contributed by atoms with E-state index in [1.165, 1.54) is 25.3 Å². The van der Waals surface area contributed by atoms with Gasteiger partial charge in [-0.15, -0.1) is 0 Å². The highest BCUT2D eigenvalue weighted by Gasteiger charge is 2.13. The molecule has 9 heteroatoms. The van der Waals surface area contributed by atoms with Crippen LogP contribution in [0.2, 0.25) is 0 Å². The van der Waals surface area contributed by atoms with Crippen LogP contribution in [-0.4, -0.2) is 50.6 Å². The van der Waals surface area contributed by atoms with E-state index in [2.05, 4.69) is 5.32 Å². The van der Waals surface area contributed by atoms with Crippen LogP contribution < -0.4 is 20.1 Å². The van der Waals surface area contributed by atoms with Gasteiger partial charge in [-0.1, -0.05) is 0 Å². The molecule has 0 atom stereocenters. The lowest BCUT2D eigenvalue weighted by molar-refractivity contribution is -0.150. The van der Waals surface area contributed by atoms with Crippen LogP contribution in [0.15, 0.2) is 18.2 Å². The zero-order valence-corrected chi connectivity index (χ0v) is 14.2. The summed E-state index contributed by atoms with van der Waals surface area (Å²) in [7, 11) is 1.39. The molecular weight excluding hydrogens is 332 g/mol. The number of hydrogen-bond donors (Lipinski definition) is 2. The summed E-state index contributed by atoms with van der Waals surface area (Å²) in [5.41, 5.74) is 0.392. The maximum absolute atomic E-state index is 11.6. The van der Waals surface area contributed by atoms with Crippen LogP contribution in [-0.2, 0) is 14.3 Å².